The Morgan fingerprint density at radius 3 is 2.38 bits per heavy atom. The number of para-hydroxylation sites is 1. The van der Waals surface area contributed by atoms with Crippen LogP contribution >= 0.6 is 23.2 Å². The van der Waals surface area contributed by atoms with Gasteiger partial charge in [-0.1, -0.05) is 35.3 Å². The predicted octanol–water partition coefficient (Wildman–Crippen LogP) is 4.00. The largest absolute Gasteiger partial charge is 0.495 e. The van der Waals surface area contributed by atoms with Gasteiger partial charge in [0.1, 0.15) is 15.7 Å². The lowest BCUT2D eigenvalue weighted by Gasteiger charge is -2.22. The number of ether oxygens (including phenoxy) is 2. The van der Waals surface area contributed by atoms with Crippen LogP contribution in [0.15, 0.2) is 41.3 Å². The van der Waals surface area contributed by atoms with E-state index in [0.29, 0.717) is 0 Å². The average molecular weight is 418 g/mol. The van der Waals surface area contributed by atoms with Gasteiger partial charge in [0.15, 0.2) is 0 Å². The highest BCUT2D eigenvalue weighted by Crippen LogP contribution is 2.38. The minimum Gasteiger partial charge on any atom is -0.495 e. The molecule has 2 aromatic rings. The summed E-state index contributed by atoms with van der Waals surface area (Å²) < 4.78 is 37.0. The van der Waals surface area contributed by atoms with Crippen LogP contribution in [0.25, 0.3) is 0 Å². The first-order valence-electron chi connectivity index (χ1n) is 7.52. The lowest BCUT2D eigenvalue weighted by atomic mass is 10.2. The van der Waals surface area contributed by atoms with Gasteiger partial charge in [0.05, 0.1) is 30.0 Å². The van der Waals surface area contributed by atoms with E-state index in [0.717, 1.165) is 4.31 Å². The van der Waals surface area contributed by atoms with Crippen molar-refractivity contribution in [1.82, 2.24) is 0 Å². The summed E-state index contributed by atoms with van der Waals surface area (Å²) >= 11 is 12.2. The molecule has 0 aliphatic carbocycles. The van der Waals surface area contributed by atoms with Gasteiger partial charge >= 0.3 is 5.97 Å². The lowest BCUT2D eigenvalue weighted by molar-refractivity contribution is 0.0527. The van der Waals surface area contributed by atoms with Crippen molar-refractivity contribution in [1.29, 1.82) is 0 Å². The Morgan fingerprint density at radius 1 is 1.12 bits per heavy atom. The first-order chi connectivity index (χ1) is 12.3. The molecule has 26 heavy (non-hydrogen) atoms. The average Bonchev–Trinajstić information content (AvgIpc) is 2.63. The number of nitrogens with zero attached hydrogens (tertiary/aromatic N) is 1. The third-order valence-electron chi connectivity index (χ3n) is 3.61. The van der Waals surface area contributed by atoms with Crippen LogP contribution < -0.4 is 9.04 Å². The molecule has 0 atom stereocenters. The molecule has 0 radical (unpaired) electrons. The molecular formula is C17H17Cl2NO5S. The van der Waals surface area contributed by atoms with Crippen molar-refractivity contribution < 1.29 is 22.7 Å². The molecule has 0 heterocycles. The number of methoxy groups -OCH3 is 1. The van der Waals surface area contributed by atoms with Crippen LogP contribution in [-0.4, -0.2) is 35.2 Å². The molecule has 0 unspecified atom stereocenters. The minimum absolute atomic E-state index is 0.0117. The normalized spacial score (nSPS) is 11.1. The van der Waals surface area contributed by atoms with Crippen molar-refractivity contribution >= 4 is 44.9 Å². The molecule has 0 spiro atoms. The third kappa shape index (κ3) is 3.75. The van der Waals surface area contributed by atoms with Gasteiger partial charge in [0, 0.05) is 7.05 Å². The summed E-state index contributed by atoms with van der Waals surface area (Å²) in [6.45, 7) is 1.84. The van der Waals surface area contributed by atoms with Gasteiger partial charge < -0.3 is 9.47 Å². The highest BCUT2D eigenvalue weighted by atomic mass is 35.5. The summed E-state index contributed by atoms with van der Waals surface area (Å²) in [6.07, 6.45) is 0. The highest BCUT2D eigenvalue weighted by Gasteiger charge is 2.29. The summed E-state index contributed by atoms with van der Waals surface area (Å²) in [5.41, 5.74) is 0.283. The molecule has 0 fully saturated rings. The number of rotatable bonds is 6. The summed E-state index contributed by atoms with van der Waals surface area (Å²) in [4.78, 5) is 11.9. The number of carbonyl (C=O) groups excluding carboxylic acids is 1. The topological polar surface area (TPSA) is 72.9 Å². The van der Waals surface area contributed by atoms with Crippen LogP contribution in [0.1, 0.15) is 17.3 Å². The number of esters is 1. The molecule has 9 heteroatoms. The van der Waals surface area contributed by atoms with Gasteiger partial charge in [0.2, 0.25) is 0 Å². The fourth-order valence-electron chi connectivity index (χ4n) is 2.28. The van der Waals surface area contributed by atoms with Crippen LogP contribution in [0, 0.1) is 0 Å². The quantitative estimate of drug-likeness (QED) is 0.663. The van der Waals surface area contributed by atoms with Crippen LogP contribution in [0.5, 0.6) is 5.75 Å². The molecule has 140 valence electrons. The van der Waals surface area contributed by atoms with Crippen LogP contribution in [0.4, 0.5) is 5.69 Å². The summed E-state index contributed by atoms with van der Waals surface area (Å²) in [6, 6.07) is 8.93. The Hall–Kier alpha value is -1.96. The number of carbonyl (C=O) groups is 1. The first kappa shape index (κ1) is 20.4. The molecule has 0 N–H and O–H groups in total. The fourth-order valence-corrected chi connectivity index (χ4v) is 4.31. The van der Waals surface area contributed by atoms with E-state index in [1.54, 1.807) is 19.1 Å². The summed E-state index contributed by atoms with van der Waals surface area (Å²) in [5.74, 6) is -0.366. The van der Waals surface area contributed by atoms with E-state index in [2.05, 4.69) is 0 Å². The number of hydrogen-bond acceptors (Lipinski definition) is 5. The second kappa shape index (κ2) is 8.16. The number of benzene rings is 2. The third-order valence-corrected chi connectivity index (χ3v) is 6.40. The van der Waals surface area contributed by atoms with Crippen molar-refractivity contribution in [2.75, 3.05) is 25.1 Å². The van der Waals surface area contributed by atoms with Crippen molar-refractivity contribution in [2.45, 2.75) is 11.8 Å². The maximum Gasteiger partial charge on any atom is 0.340 e. The van der Waals surface area contributed by atoms with Gasteiger partial charge in [-0.05, 0) is 31.2 Å². The predicted molar refractivity (Wildman–Crippen MR) is 101 cm³/mol. The molecule has 2 rings (SSSR count). The Bertz CT molecular complexity index is 931. The maximum absolute atomic E-state index is 13.0. The molecule has 0 saturated heterocycles. The van der Waals surface area contributed by atoms with Gasteiger partial charge in [0.25, 0.3) is 10.0 Å². The van der Waals surface area contributed by atoms with Gasteiger partial charge in [-0.3, -0.25) is 4.31 Å². The summed E-state index contributed by atoms with van der Waals surface area (Å²) in [5, 5.41) is -0.172. The zero-order valence-corrected chi connectivity index (χ0v) is 16.7. The van der Waals surface area contributed by atoms with E-state index < -0.39 is 16.0 Å². The zero-order valence-electron chi connectivity index (χ0n) is 14.3. The molecule has 0 aliphatic rings. The van der Waals surface area contributed by atoms with Gasteiger partial charge in [-0.2, -0.15) is 0 Å². The van der Waals surface area contributed by atoms with Crippen molar-refractivity contribution in [3.05, 3.63) is 52.0 Å². The molecule has 0 aromatic heterocycles. The zero-order chi connectivity index (χ0) is 19.5. The Labute approximate surface area is 162 Å². The van der Waals surface area contributed by atoms with Crippen molar-refractivity contribution in [2.24, 2.45) is 0 Å². The van der Waals surface area contributed by atoms with E-state index in [4.69, 9.17) is 32.7 Å². The Kier molecular flexibility index (Phi) is 6.39. The molecule has 0 amide bonds. The number of hydrogen-bond donors (Lipinski definition) is 0. The van der Waals surface area contributed by atoms with Gasteiger partial charge in [-0.25, -0.2) is 13.2 Å². The van der Waals surface area contributed by atoms with E-state index in [9.17, 15) is 13.2 Å². The van der Waals surface area contributed by atoms with Crippen LogP contribution in [0.2, 0.25) is 10.0 Å². The molecule has 2 aromatic carbocycles. The molecule has 0 aliphatic heterocycles. The molecule has 0 bridgehead atoms. The molecule has 6 nitrogen and oxygen atoms in total. The minimum atomic E-state index is -4.09. The summed E-state index contributed by atoms with van der Waals surface area (Å²) in [7, 11) is -1.37. The lowest BCUT2D eigenvalue weighted by Crippen LogP contribution is -2.28. The highest BCUT2D eigenvalue weighted by molar-refractivity contribution is 7.93. The van der Waals surface area contributed by atoms with Crippen molar-refractivity contribution in [3.63, 3.8) is 0 Å². The molecular weight excluding hydrogens is 401 g/mol. The number of halogens is 2. The number of anilines is 1. The van der Waals surface area contributed by atoms with E-state index in [1.807, 2.05) is 0 Å². The SMILES string of the molecule is CCOC(=O)c1ccccc1N(C)S(=O)(=O)c1ccc(OC)c(Cl)c1Cl. The number of sulfonamides is 1. The van der Waals surface area contributed by atoms with Gasteiger partial charge in [-0.15, -0.1) is 0 Å². The fraction of sp³-hybridized carbons (Fsp3) is 0.235. The van der Waals surface area contributed by atoms with E-state index in [1.165, 1.54) is 38.4 Å². The Morgan fingerprint density at radius 2 is 1.77 bits per heavy atom. The van der Waals surface area contributed by atoms with Crippen molar-refractivity contribution in [3.8, 4) is 5.75 Å². The monoisotopic (exact) mass is 417 g/mol. The maximum atomic E-state index is 13.0. The first-order valence-corrected chi connectivity index (χ1v) is 9.72. The van der Waals surface area contributed by atoms with E-state index >= 15 is 0 Å². The smallest absolute Gasteiger partial charge is 0.340 e. The Balaban J connectivity index is 2.55. The van der Waals surface area contributed by atoms with Crippen LogP contribution in [0.3, 0.4) is 0 Å². The standard InChI is InChI=1S/C17H17Cl2NO5S/c1-4-25-17(21)11-7-5-6-8-12(11)20(2)26(22,23)14-10-9-13(24-3)15(18)16(14)19/h5-10H,4H2,1-3H3. The van der Waals surface area contributed by atoms with E-state index in [-0.39, 0.29) is 38.5 Å². The molecule has 0 saturated carbocycles. The van der Waals surface area contributed by atoms with Crippen LogP contribution in [-0.2, 0) is 14.8 Å². The second-order valence-electron chi connectivity index (χ2n) is 5.10. The second-order valence-corrected chi connectivity index (χ2v) is 7.80.